The van der Waals surface area contributed by atoms with Crippen LogP contribution in [0.25, 0.3) is 0 Å². The highest BCUT2D eigenvalue weighted by molar-refractivity contribution is 6.02. The summed E-state index contributed by atoms with van der Waals surface area (Å²) in [5.41, 5.74) is -1.09. The molecule has 0 aliphatic rings. The Labute approximate surface area is 133 Å². The van der Waals surface area contributed by atoms with E-state index in [0.717, 1.165) is 5.56 Å². The molecule has 0 aromatic heterocycles. The summed E-state index contributed by atoms with van der Waals surface area (Å²) >= 11 is 0. The van der Waals surface area contributed by atoms with E-state index in [2.05, 4.69) is 0 Å². The monoisotopic (exact) mass is 324 g/mol. The molecular formula is C16H20O7. The highest BCUT2D eigenvalue weighted by Crippen LogP contribution is 2.22. The van der Waals surface area contributed by atoms with Crippen LogP contribution in [0.2, 0.25) is 0 Å². The molecule has 0 heterocycles. The maximum absolute atomic E-state index is 11.5. The van der Waals surface area contributed by atoms with E-state index in [1.54, 1.807) is 38.1 Å². The Morgan fingerprint density at radius 3 is 1.87 bits per heavy atom. The molecule has 126 valence electrons. The molecule has 1 rings (SSSR count). The summed E-state index contributed by atoms with van der Waals surface area (Å²) in [5, 5.41) is 27.3. The minimum absolute atomic E-state index is 0.00992. The van der Waals surface area contributed by atoms with E-state index in [1.165, 1.54) is 0 Å². The van der Waals surface area contributed by atoms with Gasteiger partial charge in [-0.3, -0.25) is 4.79 Å². The van der Waals surface area contributed by atoms with E-state index in [4.69, 9.17) is 9.84 Å². The molecule has 0 spiro atoms. The Morgan fingerprint density at radius 1 is 1.00 bits per heavy atom. The van der Waals surface area contributed by atoms with Gasteiger partial charge in [0.25, 0.3) is 5.60 Å². The number of benzene rings is 1. The zero-order chi connectivity index (χ0) is 17.6. The number of carboxylic acid groups (broad SMARTS) is 3. The van der Waals surface area contributed by atoms with Crippen LogP contribution in [-0.2, 0) is 32.0 Å². The van der Waals surface area contributed by atoms with Crippen molar-refractivity contribution in [1.29, 1.82) is 0 Å². The maximum Gasteiger partial charge on any atom is 0.348 e. The van der Waals surface area contributed by atoms with Crippen molar-refractivity contribution >= 4 is 17.9 Å². The minimum atomic E-state index is -2.35. The van der Waals surface area contributed by atoms with Gasteiger partial charge in [-0.2, -0.15) is 0 Å². The predicted molar refractivity (Wildman–Crippen MR) is 80.3 cm³/mol. The van der Waals surface area contributed by atoms with Crippen LogP contribution >= 0.6 is 0 Å². The molecule has 1 aromatic rings. The van der Waals surface area contributed by atoms with Crippen molar-refractivity contribution in [2.24, 2.45) is 0 Å². The van der Waals surface area contributed by atoms with Crippen molar-refractivity contribution in [2.45, 2.75) is 44.8 Å². The Kier molecular flexibility index (Phi) is 6.27. The Bertz CT molecular complexity index is 561. The van der Waals surface area contributed by atoms with Gasteiger partial charge in [-0.25, -0.2) is 9.59 Å². The molecule has 7 nitrogen and oxygen atoms in total. The van der Waals surface area contributed by atoms with Crippen molar-refractivity contribution in [1.82, 2.24) is 0 Å². The van der Waals surface area contributed by atoms with E-state index in [-0.39, 0.29) is 12.8 Å². The first-order valence-corrected chi connectivity index (χ1v) is 7.11. The van der Waals surface area contributed by atoms with Gasteiger partial charge in [-0.1, -0.05) is 24.3 Å². The first kappa shape index (κ1) is 18.6. The van der Waals surface area contributed by atoms with Gasteiger partial charge >= 0.3 is 17.9 Å². The van der Waals surface area contributed by atoms with Gasteiger partial charge in [0, 0.05) is 12.8 Å². The summed E-state index contributed by atoms with van der Waals surface area (Å²) in [5.74, 6) is -4.03. The number of aliphatic carboxylic acids is 3. The molecule has 0 bridgehead atoms. The largest absolute Gasteiger partial charge is 0.481 e. The second-order valence-corrected chi connectivity index (χ2v) is 5.49. The molecule has 0 aliphatic heterocycles. The smallest absolute Gasteiger partial charge is 0.348 e. The van der Waals surface area contributed by atoms with Crippen molar-refractivity contribution < 1.29 is 34.4 Å². The van der Waals surface area contributed by atoms with E-state index >= 15 is 0 Å². The number of aryl methyl sites for hydroxylation is 1. The molecule has 0 unspecified atom stereocenters. The summed E-state index contributed by atoms with van der Waals surface area (Å²) in [7, 11) is 0. The molecule has 0 saturated heterocycles. The lowest BCUT2D eigenvalue weighted by Crippen LogP contribution is -2.52. The van der Waals surface area contributed by atoms with Crippen molar-refractivity contribution in [2.75, 3.05) is 0 Å². The molecule has 0 fully saturated rings. The third-order valence-electron chi connectivity index (χ3n) is 3.23. The number of carboxylic acids is 3. The lowest BCUT2D eigenvalue weighted by atomic mass is 9.93. The quantitative estimate of drug-likeness (QED) is 0.589. The molecular weight excluding hydrogens is 304 g/mol. The molecule has 7 heteroatoms. The van der Waals surface area contributed by atoms with E-state index < -0.39 is 29.6 Å². The van der Waals surface area contributed by atoms with Crippen LogP contribution in [0, 0.1) is 0 Å². The number of hydrogen-bond acceptors (Lipinski definition) is 4. The minimum Gasteiger partial charge on any atom is -0.481 e. The number of carbonyl (C=O) groups is 3. The zero-order valence-electron chi connectivity index (χ0n) is 13.0. The maximum atomic E-state index is 11.5. The van der Waals surface area contributed by atoms with Crippen LogP contribution in [-0.4, -0.2) is 44.9 Å². The summed E-state index contributed by atoms with van der Waals surface area (Å²) in [4.78, 5) is 33.5. The average Bonchev–Trinajstić information content (AvgIpc) is 2.44. The number of rotatable bonds is 9. The van der Waals surface area contributed by atoms with Gasteiger partial charge < -0.3 is 20.1 Å². The second kappa shape index (κ2) is 7.73. The fraction of sp³-hybridized carbons (Fsp3) is 0.438. The van der Waals surface area contributed by atoms with Crippen LogP contribution in [0.1, 0.15) is 31.4 Å². The lowest BCUT2D eigenvalue weighted by molar-refractivity contribution is -0.188. The standard InChI is InChI=1S/C16H20O7/c1-10(2)23-16(14(19)20,15(21)22)9-12-5-3-11(4-6-12)7-8-13(17)18/h3-6,10H,7-9H2,1-2H3,(H,17,18)(H,19,20)(H,21,22). The fourth-order valence-electron chi connectivity index (χ4n) is 2.15. The highest BCUT2D eigenvalue weighted by Gasteiger charge is 2.49. The molecule has 0 amide bonds. The fourth-order valence-corrected chi connectivity index (χ4v) is 2.15. The Hall–Kier alpha value is -2.41. The third-order valence-corrected chi connectivity index (χ3v) is 3.23. The second-order valence-electron chi connectivity index (χ2n) is 5.49. The van der Waals surface area contributed by atoms with Gasteiger partial charge in [0.1, 0.15) is 0 Å². The van der Waals surface area contributed by atoms with Crippen LogP contribution in [0.3, 0.4) is 0 Å². The lowest BCUT2D eigenvalue weighted by Gasteiger charge is -2.27. The first-order valence-electron chi connectivity index (χ1n) is 7.11. The van der Waals surface area contributed by atoms with E-state index in [1.807, 2.05) is 0 Å². The average molecular weight is 324 g/mol. The highest BCUT2D eigenvalue weighted by atomic mass is 16.6. The van der Waals surface area contributed by atoms with Gasteiger partial charge in [0.05, 0.1) is 6.10 Å². The summed E-state index contributed by atoms with van der Waals surface area (Å²) in [6.45, 7) is 3.13. The van der Waals surface area contributed by atoms with Gasteiger partial charge in [-0.15, -0.1) is 0 Å². The van der Waals surface area contributed by atoms with Gasteiger partial charge in [-0.05, 0) is 31.4 Å². The summed E-state index contributed by atoms with van der Waals surface area (Å²) in [6.07, 6.45) is -0.558. The summed E-state index contributed by atoms with van der Waals surface area (Å²) < 4.78 is 5.20. The molecule has 0 saturated carbocycles. The molecule has 3 N–H and O–H groups in total. The number of hydrogen-bond donors (Lipinski definition) is 3. The van der Waals surface area contributed by atoms with Crippen LogP contribution in [0.4, 0.5) is 0 Å². The van der Waals surface area contributed by atoms with Gasteiger partial charge in [0.15, 0.2) is 0 Å². The molecule has 0 aliphatic carbocycles. The van der Waals surface area contributed by atoms with Crippen molar-refractivity contribution in [3.8, 4) is 0 Å². The normalized spacial score (nSPS) is 11.4. The van der Waals surface area contributed by atoms with Crippen LogP contribution < -0.4 is 0 Å². The summed E-state index contributed by atoms with van der Waals surface area (Å²) in [6, 6.07) is 6.48. The SMILES string of the molecule is CC(C)OC(Cc1ccc(CCC(=O)O)cc1)(C(=O)O)C(=O)O. The molecule has 23 heavy (non-hydrogen) atoms. The van der Waals surface area contributed by atoms with Crippen LogP contribution in [0.5, 0.6) is 0 Å². The predicted octanol–water partition coefficient (Wildman–Crippen LogP) is 1.58. The number of ether oxygens (including phenoxy) is 1. The zero-order valence-corrected chi connectivity index (χ0v) is 13.0. The molecule has 0 atom stereocenters. The van der Waals surface area contributed by atoms with Crippen molar-refractivity contribution in [3.63, 3.8) is 0 Å². The van der Waals surface area contributed by atoms with E-state index in [9.17, 15) is 24.6 Å². The third kappa shape index (κ3) is 5.07. The van der Waals surface area contributed by atoms with Gasteiger partial charge in [0.2, 0.25) is 0 Å². The molecule has 1 aromatic carbocycles. The molecule has 0 radical (unpaired) electrons. The van der Waals surface area contributed by atoms with Crippen molar-refractivity contribution in [3.05, 3.63) is 35.4 Å². The Balaban J connectivity index is 2.97. The first-order chi connectivity index (χ1) is 10.7. The van der Waals surface area contributed by atoms with Crippen LogP contribution in [0.15, 0.2) is 24.3 Å². The van der Waals surface area contributed by atoms with E-state index in [0.29, 0.717) is 12.0 Å². The Morgan fingerprint density at radius 2 is 1.48 bits per heavy atom. The topological polar surface area (TPSA) is 121 Å².